The Balaban J connectivity index is 1.51. The summed E-state index contributed by atoms with van der Waals surface area (Å²) in [5.41, 5.74) is 1.07. The van der Waals surface area contributed by atoms with Crippen molar-refractivity contribution in [3.63, 3.8) is 0 Å². The van der Waals surface area contributed by atoms with Crippen molar-refractivity contribution in [3.05, 3.63) is 23.3 Å². The number of aromatic hydroxyl groups is 1. The van der Waals surface area contributed by atoms with Crippen LogP contribution in [0.5, 0.6) is 11.5 Å². The van der Waals surface area contributed by atoms with Crippen LogP contribution < -0.4 is 4.74 Å². The van der Waals surface area contributed by atoms with E-state index in [1.165, 1.54) is 24.8 Å². The lowest BCUT2D eigenvalue weighted by Gasteiger charge is -2.64. The van der Waals surface area contributed by atoms with E-state index in [9.17, 15) is 10.2 Å². The SMILES string of the molecule is COC1CC[C@@]2(O)C3Cc4ccc(O)c5c4C2(CCN3CC2CCC2)[C@H]1O5. The fourth-order valence-corrected chi connectivity index (χ4v) is 7.05. The van der Waals surface area contributed by atoms with Crippen molar-refractivity contribution in [2.75, 3.05) is 20.2 Å². The van der Waals surface area contributed by atoms with Crippen molar-refractivity contribution >= 4 is 0 Å². The number of likely N-dealkylation sites (tertiary alicyclic amines) is 1. The molecule has 0 aromatic heterocycles. The number of ether oxygens (including phenoxy) is 2. The Kier molecular flexibility index (Phi) is 3.33. The number of methoxy groups -OCH3 is 1. The summed E-state index contributed by atoms with van der Waals surface area (Å²) in [5, 5.41) is 22.7. The molecule has 3 aliphatic carbocycles. The minimum absolute atomic E-state index is 0.0399. The van der Waals surface area contributed by atoms with Gasteiger partial charge in [-0.1, -0.05) is 12.5 Å². The summed E-state index contributed by atoms with van der Waals surface area (Å²) in [4.78, 5) is 2.58. The normalized spacial score (nSPS) is 42.4. The topological polar surface area (TPSA) is 62.2 Å². The molecule has 6 rings (SSSR count). The summed E-state index contributed by atoms with van der Waals surface area (Å²) in [7, 11) is 1.74. The van der Waals surface area contributed by atoms with Crippen LogP contribution in [0.4, 0.5) is 0 Å². The highest BCUT2D eigenvalue weighted by Gasteiger charge is 2.73. The minimum atomic E-state index is -0.805. The molecule has 2 N–H and O–H groups in total. The van der Waals surface area contributed by atoms with Crippen LogP contribution in [0, 0.1) is 5.92 Å². The fraction of sp³-hybridized carbons (Fsp3) is 0.727. The van der Waals surface area contributed by atoms with Gasteiger partial charge in [0.1, 0.15) is 6.10 Å². The number of hydrogen-bond acceptors (Lipinski definition) is 5. The number of aliphatic hydroxyl groups is 1. The quantitative estimate of drug-likeness (QED) is 0.854. The van der Waals surface area contributed by atoms with Gasteiger partial charge >= 0.3 is 0 Å². The fourth-order valence-electron chi connectivity index (χ4n) is 7.05. The van der Waals surface area contributed by atoms with E-state index in [0.29, 0.717) is 5.75 Å². The van der Waals surface area contributed by atoms with Gasteiger partial charge in [0.15, 0.2) is 11.5 Å². The number of phenols is 1. The maximum atomic E-state index is 12.2. The Labute approximate surface area is 160 Å². The molecule has 5 atom stereocenters. The molecule has 2 saturated carbocycles. The van der Waals surface area contributed by atoms with Crippen LogP contribution in [-0.2, 0) is 16.6 Å². The number of benzene rings is 1. The van der Waals surface area contributed by atoms with Crippen molar-refractivity contribution < 1.29 is 19.7 Å². The Morgan fingerprint density at radius 3 is 2.85 bits per heavy atom. The molecule has 1 aromatic rings. The third kappa shape index (κ3) is 1.86. The van der Waals surface area contributed by atoms with Crippen LogP contribution in [-0.4, -0.2) is 59.2 Å². The molecule has 0 radical (unpaired) electrons. The highest BCUT2D eigenvalue weighted by Crippen LogP contribution is 2.65. The standard InChI is InChI=1S/C22H29NO4/c1-26-16-7-8-22(25)17-11-14-5-6-15(24)19-18(14)21(22,20(16)27-19)9-10-23(17)12-13-3-2-4-13/h5-6,13,16-17,20,24-25H,2-4,7-12H2,1H3/t16?,17?,20-,21?,22+/m0/s1. The first-order valence-electron chi connectivity index (χ1n) is 10.6. The zero-order valence-electron chi connectivity index (χ0n) is 16.0. The molecular formula is C22H29NO4. The first-order chi connectivity index (χ1) is 13.1. The number of hydrogen-bond donors (Lipinski definition) is 2. The highest BCUT2D eigenvalue weighted by molar-refractivity contribution is 5.62. The lowest BCUT2D eigenvalue weighted by atomic mass is 9.48. The van der Waals surface area contributed by atoms with Crippen molar-refractivity contribution in [3.8, 4) is 11.5 Å². The third-order valence-corrected chi connectivity index (χ3v) is 8.54. The summed E-state index contributed by atoms with van der Waals surface area (Å²) in [6, 6.07) is 3.96. The predicted molar refractivity (Wildman–Crippen MR) is 100 cm³/mol. The van der Waals surface area contributed by atoms with Gasteiger partial charge in [0.05, 0.1) is 17.1 Å². The second-order valence-corrected chi connectivity index (χ2v) is 9.46. The van der Waals surface area contributed by atoms with Gasteiger partial charge < -0.3 is 19.7 Å². The van der Waals surface area contributed by atoms with Crippen LogP contribution >= 0.6 is 0 Å². The third-order valence-electron chi connectivity index (χ3n) is 8.54. The van der Waals surface area contributed by atoms with Gasteiger partial charge in [-0.15, -0.1) is 0 Å². The molecule has 1 aromatic carbocycles. The molecule has 3 fully saturated rings. The van der Waals surface area contributed by atoms with Crippen LogP contribution in [0.2, 0.25) is 0 Å². The molecule has 146 valence electrons. The molecule has 1 spiro atoms. The summed E-state index contributed by atoms with van der Waals surface area (Å²) in [6.45, 7) is 2.11. The van der Waals surface area contributed by atoms with E-state index in [1.54, 1.807) is 13.2 Å². The van der Waals surface area contributed by atoms with Gasteiger partial charge in [-0.2, -0.15) is 0 Å². The largest absolute Gasteiger partial charge is 0.504 e. The number of piperidine rings is 1. The van der Waals surface area contributed by atoms with E-state index in [1.807, 2.05) is 0 Å². The predicted octanol–water partition coefficient (Wildman–Crippen LogP) is 2.36. The van der Waals surface area contributed by atoms with E-state index >= 15 is 0 Å². The Hall–Kier alpha value is -1.30. The zero-order valence-corrected chi connectivity index (χ0v) is 16.0. The van der Waals surface area contributed by atoms with E-state index in [4.69, 9.17) is 9.47 Å². The highest BCUT2D eigenvalue weighted by atomic mass is 16.5. The lowest BCUT2D eigenvalue weighted by molar-refractivity contribution is -0.213. The van der Waals surface area contributed by atoms with Crippen LogP contribution in [0.25, 0.3) is 0 Å². The number of nitrogens with zero attached hydrogens (tertiary/aromatic N) is 1. The van der Waals surface area contributed by atoms with Gasteiger partial charge in [-0.25, -0.2) is 0 Å². The van der Waals surface area contributed by atoms with Crippen molar-refractivity contribution in [2.45, 2.75) is 74.2 Å². The average molecular weight is 371 g/mol. The smallest absolute Gasteiger partial charge is 0.165 e. The molecule has 5 nitrogen and oxygen atoms in total. The lowest BCUT2D eigenvalue weighted by Crippen LogP contribution is -2.77. The second kappa shape index (κ2) is 5.40. The monoisotopic (exact) mass is 371 g/mol. The van der Waals surface area contributed by atoms with Crippen LogP contribution in [0.1, 0.15) is 49.7 Å². The summed E-state index contributed by atoms with van der Waals surface area (Å²) < 4.78 is 12.2. The zero-order chi connectivity index (χ0) is 18.4. The van der Waals surface area contributed by atoms with Crippen molar-refractivity contribution in [1.29, 1.82) is 0 Å². The number of phenolic OH excluding ortho intramolecular Hbond substituents is 1. The molecule has 2 bridgehead atoms. The van der Waals surface area contributed by atoms with E-state index in [-0.39, 0.29) is 24.0 Å². The summed E-state index contributed by atoms with van der Waals surface area (Å²) in [5.74, 6) is 1.60. The summed E-state index contributed by atoms with van der Waals surface area (Å²) in [6.07, 6.45) is 7.04. The molecule has 1 saturated heterocycles. The molecule has 2 heterocycles. The average Bonchev–Trinajstić information content (AvgIpc) is 2.97. The van der Waals surface area contributed by atoms with Gasteiger partial charge in [-0.3, -0.25) is 4.90 Å². The summed E-state index contributed by atoms with van der Waals surface area (Å²) >= 11 is 0. The van der Waals surface area contributed by atoms with Gasteiger partial charge in [0.25, 0.3) is 0 Å². The molecule has 5 aliphatic rings. The molecular weight excluding hydrogens is 342 g/mol. The van der Waals surface area contributed by atoms with Gasteiger partial charge in [0.2, 0.25) is 0 Å². The van der Waals surface area contributed by atoms with Gasteiger partial charge in [-0.05, 0) is 62.6 Å². The number of rotatable bonds is 3. The molecule has 3 unspecified atom stereocenters. The van der Waals surface area contributed by atoms with E-state index < -0.39 is 11.0 Å². The maximum Gasteiger partial charge on any atom is 0.165 e. The van der Waals surface area contributed by atoms with E-state index in [2.05, 4.69) is 11.0 Å². The van der Waals surface area contributed by atoms with Crippen molar-refractivity contribution in [1.82, 2.24) is 4.90 Å². The Morgan fingerprint density at radius 2 is 2.11 bits per heavy atom. The maximum absolute atomic E-state index is 12.2. The second-order valence-electron chi connectivity index (χ2n) is 9.46. The first-order valence-corrected chi connectivity index (χ1v) is 10.6. The minimum Gasteiger partial charge on any atom is -0.504 e. The Morgan fingerprint density at radius 1 is 1.26 bits per heavy atom. The molecule has 2 aliphatic heterocycles. The molecule has 0 amide bonds. The van der Waals surface area contributed by atoms with Crippen LogP contribution in [0.15, 0.2) is 12.1 Å². The van der Waals surface area contributed by atoms with Crippen molar-refractivity contribution in [2.24, 2.45) is 5.92 Å². The molecule has 27 heavy (non-hydrogen) atoms. The molecule has 5 heteroatoms. The van der Waals surface area contributed by atoms with Crippen LogP contribution in [0.3, 0.4) is 0 Å². The Bertz CT molecular complexity index is 793. The van der Waals surface area contributed by atoms with Gasteiger partial charge in [0, 0.05) is 25.3 Å². The van der Waals surface area contributed by atoms with E-state index in [0.717, 1.165) is 50.3 Å². The first kappa shape index (κ1) is 16.6.